The molecule has 0 spiro atoms. The maximum Gasteiger partial charge on any atom is 0.227 e. The average Bonchev–Trinajstić information content (AvgIpc) is 2.57. The normalized spacial score (nSPS) is 16.1. The van der Waals surface area contributed by atoms with Crippen LogP contribution >= 0.6 is 31.9 Å². The highest BCUT2D eigenvalue weighted by Crippen LogP contribution is 2.22. The van der Waals surface area contributed by atoms with E-state index in [1.54, 1.807) is 0 Å². The number of carbonyl (C=O) groups excluding carboxylic acids is 1. The summed E-state index contributed by atoms with van der Waals surface area (Å²) in [5.41, 5.74) is 2.17. The van der Waals surface area contributed by atoms with Crippen LogP contribution in [0.5, 0.6) is 0 Å². The fourth-order valence-corrected chi connectivity index (χ4v) is 3.74. The Morgan fingerprint density at radius 2 is 1.75 bits per heavy atom. The number of hydrogen-bond acceptors (Lipinski definition) is 2. The molecular weight excluding hydrogens is 432 g/mol. The quantitative estimate of drug-likeness (QED) is 0.704. The van der Waals surface area contributed by atoms with E-state index in [-0.39, 0.29) is 11.8 Å². The number of benzene rings is 2. The van der Waals surface area contributed by atoms with Crippen LogP contribution in [-0.4, -0.2) is 23.9 Å². The summed E-state index contributed by atoms with van der Waals surface area (Å²) in [6.45, 7) is 2.87. The van der Waals surface area contributed by atoms with E-state index < -0.39 is 0 Å². The number of nitrogens with zero attached hydrogens (tertiary/aromatic N) is 1. The fourth-order valence-electron chi connectivity index (χ4n) is 3.02. The number of likely N-dealkylation sites (tertiary alicyclic amines) is 1. The first-order chi connectivity index (χ1) is 11.6. The molecule has 1 amide bonds. The number of halogens is 2. The van der Waals surface area contributed by atoms with Crippen LogP contribution in [0.15, 0.2) is 57.5 Å². The lowest BCUT2D eigenvalue weighted by Crippen LogP contribution is -2.37. The van der Waals surface area contributed by atoms with Crippen molar-refractivity contribution in [3.8, 4) is 0 Å². The van der Waals surface area contributed by atoms with E-state index >= 15 is 0 Å². The van der Waals surface area contributed by atoms with Gasteiger partial charge in [0.25, 0.3) is 0 Å². The highest BCUT2D eigenvalue weighted by Gasteiger charge is 2.25. The number of rotatable bonds is 4. The molecule has 0 unspecified atom stereocenters. The monoisotopic (exact) mass is 450 g/mol. The predicted molar refractivity (Wildman–Crippen MR) is 105 cm³/mol. The van der Waals surface area contributed by atoms with E-state index in [2.05, 4.69) is 60.3 Å². The molecule has 2 aromatic rings. The number of carbonyl (C=O) groups is 1. The number of hydrogen-bond donors (Lipinski definition) is 1. The van der Waals surface area contributed by atoms with Gasteiger partial charge in [-0.2, -0.15) is 0 Å². The molecule has 24 heavy (non-hydrogen) atoms. The van der Waals surface area contributed by atoms with Crippen molar-refractivity contribution < 1.29 is 4.79 Å². The van der Waals surface area contributed by atoms with Gasteiger partial charge in [-0.05, 0) is 67.9 Å². The summed E-state index contributed by atoms with van der Waals surface area (Å²) in [5, 5.41) is 3.03. The number of amides is 1. The van der Waals surface area contributed by atoms with Gasteiger partial charge in [-0.25, -0.2) is 0 Å². The lowest BCUT2D eigenvalue weighted by molar-refractivity contribution is -0.121. The molecular formula is C19H20Br2N2O. The van der Waals surface area contributed by atoms with Crippen LogP contribution in [0.3, 0.4) is 0 Å². The van der Waals surface area contributed by atoms with Crippen molar-refractivity contribution in [1.82, 2.24) is 4.90 Å². The first-order valence-electron chi connectivity index (χ1n) is 8.13. The van der Waals surface area contributed by atoms with Crippen LogP contribution in [0, 0.1) is 5.92 Å². The van der Waals surface area contributed by atoms with Crippen LogP contribution < -0.4 is 5.32 Å². The van der Waals surface area contributed by atoms with Crippen molar-refractivity contribution in [3.05, 3.63) is 63.0 Å². The summed E-state index contributed by atoms with van der Waals surface area (Å²) in [7, 11) is 0. The van der Waals surface area contributed by atoms with Crippen molar-refractivity contribution in [1.29, 1.82) is 0 Å². The van der Waals surface area contributed by atoms with Crippen molar-refractivity contribution >= 4 is 43.5 Å². The average molecular weight is 452 g/mol. The molecule has 126 valence electrons. The lowest BCUT2D eigenvalue weighted by atomic mass is 9.95. The number of piperidine rings is 1. The second-order valence-corrected chi connectivity index (χ2v) is 8.01. The van der Waals surface area contributed by atoms with Gasteiger partial charge in [0, 0.05) is 27.1 Å². The minimum atomic E-state index is 0.104. The summed E-state index contributed by atoms with van der Waals surface area (Å²) < 4.78 is 2.13. The molecule has 0 aromatic heterocycles. The van der Waals surface area contributed by atoms with Gasteiger partial charge in [-0.15, -0.1) is 0 Å². The molecule has 5 heteroatoms. The lowest BCUT2D eigenvalue weighted by Gasteiger charge is -2.31. The number of anilines is 1. The van der Waals surface area contributed by atoms with Crippen molar-refractivity contribution in [2.45, 2.75) is 19.4 Å². The molecule has 3 nitrogen and oxygen atoms in total. The van der Waals surface area contributed by atoms with Gasteiger partial charge in [-0.1, -0.05) is 44.0 Å². The summed E-state index contributed by atoms with van der Waals surface area (Å²) in [6, 6.07) is 16.1. The Kier molecular flexibility index (Phi) is 6.09. The Labute approximate surface area is 159 Å². The zero-order chi connectivity index (χ0) is 16.9. The second kappa shape index (κ2) is 8.28. The molecule has 0 radical (unpaired) electrons. The Morgan fingerprint density at radius 3 is 2.42 bits per heavy atom. The molecule has 3 rings (SSSR count). The second-order valence-electron chi connectivity index (χ2n) is 6.18. The van der Waals surface area contributed by atoms with Crippen molar-refractivity contribution in [2.24, 2.45) is 5.92 Å². The van der Waals surface area contributed by atoms with Crippen molar-refractivity contribution in [3.63, 3.8) is 0 Å². The van der Waals surface area contributed by atoms with Crippen LogP contribution in [0.2, 0.25) is 0 Å². The molecule has 1 N–H and O–H groups in total. The van der Waals surface area contributed by atoms with E-state index in [0.29, 0.717) is 0 Å². The largest absolute Gasteiger partial charge is 0.326 e. The Hall–Kier alpha value is -1.17. The highest BCUT2D eigenvalue weighted by atomic mass is 79.9. The summed E-state index contributed by atoms with van der Waals surface area (Å²) >= 11 is 6.92. The zero-order valence-electron chi connectivity index (χ0n) is 13.3. The van der Waals surface area contributed by atoms with Gasteiger partial charge in [0.05, 0.1) is 0 Å². The van der Waals surface area contributed by atoms with E-state index in [1.807, 2.05) is 30.3 Å². The summed E-state index contributed by atoms with van der Waals surface area (Å²) in [4.78, 5) is 14.8. The summed E-state index contributed by atoms with van der Waals surface area (Å²) in [5.74, 6) is 0.242. The van der Waals surface area contributed by atoms with E-state index in [4.69, 9.17) is 0 Å². The first-order valence-corrected chi connectivity index (χ1v) is 9.72. The van der Waals surface area contributed by atoms with E-state index in [9.17, 15) is 4.79 Å². The molecule has 1 aliphatic heterocycles. The first kappa shape index (κ1) is 17.6. The van der Waals surface area contributed by atoms with E-state index in [0.717, 1.165) is 47.1 Å². The molecule has 0 bridgehead atoms. The predicted octanol–water partition coefficient (Wildman–Crippen LogP) is 5.06. The van der Waals surface area contributed by atoms with Crippen LogP contribution in [0.1, 0.15) is 18.4 Å². The topological polar surface area (TPSA) is 32.3 Å². The molecule has 1 fully saturated rings. The Bertz CT molecular complexity index is 695. The minimum absolute atomic E-state index is 0.104. The standard InChI is InChI=1S/C19H20Br2N2O/c20-16-4-6-18(7-5-16)22-19(24)15-8-10-23(11-9-15)13-14-2-1-3-17(21)12-14/h1-7,12,15H,8-11,13H2,(H,22,24). The fraction of sp³-hybridized carbons (Fsp3) is 0.316. The molecule has 2 aromatic carbocycles. The van der Waals surface area contributed by atoms with Crippen LogP contribution in [0.4, 0.5) is 5.69 Å². The maximum atomic E-state index is 12.4. The van der Waals surface area contributed by atoms with Gasteiger partial charge in [0.2, 0.25) is 5.91 Å². The third kappa shape index (κ3) is 4.91. The van der Waals surface area contributed by atoms with Crippen LogP contribution in [0.25, 0.3) is 0 Å². The van der Waals surface area contributed by atoms with E-state index in [1.165, 1.54) is 5.56 Å². The Balaban J connectivity index is 1.49. The van der Waals surface area contributed by atoms with Crippen LogP contribution in [-0.2, 0) is 11.3 Å². The molecule has 0 saturated carbocycles. The third-order valence-corrected chi connectivity index (χ3v) is 5.39. The van der Waals surface area contributed by atoms with Gasteiger partial charge in [0.1, 0.15) is 0 Å². The molecule has 1 heterocycles. The van der Waals surface area contributed by atoms with Gasteiger partial charge in [-0.3, -0.25) is 9.69 Å². The van der Waals surface area contributed by atoms with Crippen molar-refractivity contribution in [2.75, 3.05) is 18.4 Å². The SMILES string of the molecule is O=C(Nc1ccc(Br)cc1)C1CCN(Cc2cccc(Br)c2)CC1. The third-order valence-electron chi connectivity index (χ3n) is 4.37. The molecule has 0 aliphatic carbocycles. The minimum Gasteiger partial charge on any atom is -0.326 e. The maximum absolute atomic E-state index is 12.4. The number of nitrogens with one attached hydrogen (secondary N) is 1. The smallest absolute Gasteiger partial charge is 0.227 e. The zero-order valence-corrected chi connectivity index (χ0v) is 16.5. The van der Waals surface area contributed by atoms with Gasteiger partial charge >= 0.3 is 0 Å². The molecule has 1 aliphatic rings. The van der Waals surface area contributed by atoms with Gasteiger partial charge in [0.15, 0.2) is 0 Å². The highest BCUT2D eigenvalue weighted by molar-refractivity contribution is 9.10. The molecule has 1 saturated heterocycles. The summed E-state index contributed by atoms with van der Waals surface area (Å²) in [6.07, 6.45) is 1.83. The Morgan fingerprint density at radius 1 is 1.04 bits per heavy atom. The molecule has 0 atom stereocenters. The van der Waals surface area contributed by atoms with Gasteiger partial charge < -0.3 is 5.32 Å².